The van der Waals surface area contributed by atoms with Gasteiger partial charge in [0.2, 0.25) is 5.91 Å². The van der Waals surface area contributed by atoms with Crippen molar-refractivity contribution < 1.29 is 28.7 Å². The highest BCUT2D eigenvalue weighted by atomic mass is 16.5. The standard InChI is InChI=1S/C27H25N3O6/c1-2-35-20-11-13-21(14-12-20)36-17-18-7-9-19(10-8-18)25(32)29-28-24(31)15-16-30-26(33)22-5-3-4-6-23(22)27(30)34/h3-14H,2,15-17H2,1H3,(H,28,31)(H,29,32). The van der Waals surface area contributed by atoms with Crippen LogP contribution >= 0.6 is 0 Å². The SMILES string of the molecule is CCOc1ccc(OCc2ccc(C(=O)NNC(=O)CCN3C(=O)c4ccccc4C3=O)cc2)cc1. The topological polar surface area (TPSA) is 114 Å². The number of fused-ring (bicyclic) bond motifs is 1. The first-order valence-electron chi connectivity index (χ1n) is 11.4. The molecule has 3 aromatic rings. The lowest BCUT2D eigenvalue weighted by atomic mass is 10.1. The molecule has 9 nitrogen and oxygen atoms in total. The van der Waals surface area contributed by atoms with Crippen LogP contribution in [0, 0.1) is 0 Å². The molecule has 0 saturated heterocycles. The van der Waals surface area contributed by atoms with Gasteiger partial charge in [-0.2, -0.15) is 0 Å². The molecule has 1 heterocycles. The molecule has 0 atom stereocenters. The van der Waals surface area contributed by atoms with Gasteiger partial charge in [-0.05, 0) is 61.0 Å². The van der Waals surface area contributed by atoms with Crippen molar-refractivity contribution in [1.82, 2.24) is 15.8 Å². The first kappa shape index (κ1) is 24.5. The van der Waals surface area contributed by atoms with Gasteiger partial charge in [0, 0.05) is 18.5 Å². The van der Waals surface area contributed by atoms with Gasteiger partial charge in [0.05, 0.1) is 17.7 Å². The lowest BCUT2D eigenvalue weighted by Gasteiger charge is -2.14. The molecule has 4 amide bonds. The van der Waals surface area contributed by atoms with Crippen LogP contribution in [-0.4, -0.2) is 41.7 Å². The number of carbonyl (C=O) groups excluding carboxylic acids is 4. The van der Waals surface area contributed by atoms with E-state index in [0.717, 1.165) is 16.2 Å². The number of imide groups is 1. The molecule has 36 heavy (non-hydrogen) atoms. The summed E-state index contributed by atoms with van der Waals surface area (Å²) in [5, 5.41) is 0. The molecule has 0 aliphatic carbocycles. The molecule has 0 fully saturated rings. The van der Waals surface area contributed by atoms with E-state index in [1.165, 1.54) is 0 Å². The number of nitrogens with one attached hydrogen (secondary N) is 2. The van der Waals surface area contributed by atoms with Crippen molar-refractivity contribution in [2.75, 3.05) is 13.2 Å². The molecule has 0 radical (unpaired) electrons. The largest absolute Gasteiger partial charge is 0.494 e. The third-order valence-corrected chi connectivity index (χ3v) is 5.51. The molecule has 1 aliphatic rings. The van der Waals surface area contributed by atoms with E-state index in [1.807, 2.05) is 31.2 Å². The highest BCUT2D eigenvalue weighted by Crippen LogP contribution is 2.22. The number of hydrazine groups is 1. The number of amides is 4. The second-order valence-corrected chi connectivity index (χ2v) is 7.95. The number of hydrogen-bond donors (Lipinski definition) is 2. The fourth-order valence-electron chi connectivity index (χ4n) is 3.63. The molecular weight excluding hydrogens is 462 g/mol. The average molecular weight is 488 g/mol. The lowest BCUT2D eigenvalue weighted by molar-refractivity contribution is -0.121. The molecule has 0 bridgehead atoms. The van der Waals surface area contributed by atoms with Gasteiger partial charge in [0.1, 0.15) is 18.1 Å². The van der Waals surface area contributed by atoms with Crippen LogP contribution in [0.1, 0.15) is 50.0 Å². The van der Waals surface area contributed by atoms with Crippen molar-refractivity contribution in [3.05, 3.63) is 95.1 Å². The Hall–Kier alpha value is -4.66. The van der Waals surface area contributed by atoms with Crippen LogP contribution < -0.4 is 20.3 Å². The molecule has 0 spiro atoms. The van der Waals surface area contributed by atoms with E-state index >= 15 is 0 Å². The second kappa shape index (κ2) is 11.2. The summed E-state index contributed by atoms with van der Waals surface area (Å²) in [5.41, 5.74) is 6.51. The van der Waals surface area contributed by atoms with Crippen molar-refractivity contribution in [3.63, 3.8) is 0 Å². The van der Waals surface area contributed by atoms with Crippen LogP contribution in [0.5, 0.6) is 11.5 Å². The maximum atomic E-state index is 12.4. The third kappa shape index (κ3) is 5.69. The first-order chi connectivity index (χ1) is 17.5. The predicted octanol–water partition coefficient (Wildman–Crippen LogP) is 3.11. The minimum absolute atomic E-state index is 0.0862. The quantitative estimate of drug-likeness (QED) is 0.354. The maximum Gasteiger partial charge on any atom is 0.269 e. The van der Waals surface area contributed by atoms with Gasteiger partial charge >= 0.3 is 0 Å². The van der Waals surface area contributed by atoms with Crippen molar-refractivity contribution in [2.45, 2.75) is 20.0 Å². The molecule has 0 unspecified atom stereocenters. The summed E-state index contributed by atoms with van der Waals surface area (Å²) in [5.74, 6) is -0.415. The zero-order valence-corrected chi connectivity index (χ0v) is 19.7. The Balaban J connectivity index is 1.20. The summed E-state index contributed by atoms with van der Waals surface area (Å²) in [6.45, 7) is 2.75. The Morgan fingerprint density at radius 1 is 0.778 bits per heavy atom. The normalized spacial score (nSPS) is 12.2. The Kier molecular flexibility index (Phi) is 7.60. The Morgan fingerprint density at radius 3 is 1.94 bits per heavy atom. The van der Waals surface area contributed by atoms with Crippen molar-refractivity contribution >= 4 is 23.6 Å². The number of rotatable bonds is 9. The second-order valence-electron chi connectivity index (χ2n) is 7.95. The van der Waals surface area contributed by atoms with Crippen LogP contribution in [0.3, 0.4) is 0 Å². The van der Waals surface area contributed by atoms with E-state index in [1.54, 1.807) is 48.5 Å². The van der Waals surface area contributed by atoms with E-state index in [-0.39, 0.29) is 13.0 Å². The smallest absolute Gasteiger partial charge is 0.269 e. The zero-order valence-electron chi connectivity index (χ0n) is 19.7. The van der Waals surface area contributed by atoms with Crippen LogP contribution in [0.4, 0.5) is 0 Å². The predicted molar refractivity (Wildman–Crippen MR) is 130 cm³/mol. The Labute approximate surface area is 208 Å². The summed E-state index contributed by atoms with van der Waals surface area (Å²) in [6.07, 6.45) is -0.145. The number of carbonyl (C=O) groups is 4. The highest BCUT2D eigenvalue weighted by molar-refractivity contribution is 6.21. The van der Waals surface area contributed by atoms with Gasteiger partial charge < -0.3 is 9.47 Å². The van der Waals surface area contributed by atoms with Gasteiger partial charge in [-0.3, -0.25) is 34.9 Å². The summed E-state index contributed by atoms with van der Waals surface area (Å²) in [4.78, 5) is 50.2. The zero-order chi connectivity index (χ0) is 25.5. The number of hydrogen-bond acceptors (Lipinski definition) is 6. The monoisotopic (exact) mass is 487 g/mol. The van der Waals surface area contributed by atoms with E-state index < -0.39 is 23.6 Å². The van der Waals surface area contributed by atoms with Gasteiger partial charge in [-0.15, -0.1) is 0 Å². The molecule has 0 aromatic heterocycles. The average Bonchev–Trinajstić information content (AvgIpc) is 3.15. The molecule has 2 N–H and O–H groups in total. The van der Waals surface area contributed by atoms with E-state index in [0.29, 0.717) is 35.7 Å². The minimum atomic E-state index is -0.528. The summed E-state index contributed by atoms with van der Waals surface area (Å²) in [7, 11) is 0. The van der Waals surface area contributed by atoms with E-state index in [2.05, 4.69) is 10.9 Å². The Bertz CT molecular complexity index is 1240. The molecule has 1 aliphatic heterocycles. The molecule has 184 valence electrons. The number of benzene rings is 3. The van der Waals surface area contributed by atoms with Gasteiger partial charge in [-0.25, -0.2) is 0 Å². The van der Waals surface area contributed by atoms with Crippen molar-refractivity contribution in [2.24, 2.45) is 0 Å². The fraction of sp³-hybridized carbons (Fsp3) is 0.185. The van der Waals surface area contributed by atoms with Gasteiger partial charge in [0.15, 0.2) is 0 Å². The van der Waals surface area contributed by atoms with Crippen LogP contribution in [0.25, 0.3) is 0 Å². The summed E-state index contributed by atoms with van der Waals surface area (Å²) in [6, 6.07) is 20.6. The van der Waals surface area contributed by atoms with Crippen molar-refractivity contribution in [3.8, 4) is 11.5 Å². The molecule has 4 rings (SSSR count). The first-order valence-corrected chi connectivity index (χ1v) is 11.4. The van der Waals surface area contributed by atoms with Crippen LogP contribution in [0.15, 0.2) is 72.8 Å². The maximum absolute atomic E-state index is 12.4. The summed E-state index contributed by atoms with van der Waals surface area (Å²) < 4.78 is 11.1. The minimum Gasteiger partial charge on any atom is -0.494 e. The fourth-order valence-corrected chi connectivity index (χ4v) is 3.63. The van der Waals surface area contributed by atoms with Gasteiger partial charge in [0.25, 0.3) is 17.7 Å². The molecular formula is C27H25N3O6. The Morgan fingerprint density at radius 2 is 1.36 bits per heavy atom. The molecule has 0 saturated carbocycles. The lowest BCUT2D eigenvalue weighted by Crippen LogP contribution is -2.43. The molecule has 3 aromatic carbocycles. The van der Waals surface area contributed by atoms with Crippen LogP contribution in [-0.2, 0) is 11.4 Å². The third-order valence-electron chi connectivity index (χ3n) is 5.51. The molecule has 9 heteroatoms. The van der Waals surface area contributed by atoms with E-state index in [9.17, 15) is 19.2 Å². The van der Waals surface area contributed by atoms with E-state index in [4.69, 9.17) is 9.47 Å². The van der Waals surface area contributed by atoms with Gasteiger partial charge in [-0.1, -0.05) is 24.3 Å². The summed E-state index contributed by atoms with van der Waals surface area (Å²) >= 11 is 0. The van der Waals surface area contributed by atoms with Crippen molar-refractivity contribution in [1.29, 1.82) is 0 Å². The highest BCUT2D eigenvalue weighted by Gasteiger charge is 2.34. The number of nitrogens with zero attached hydrogens (tertiary/aromatic N) is 1. The number of ether oxygens (including phenoxy) is 2. The van der Waals surface area contributed by atoms with Crippen LogP contribution in [0.2, 0.25) is 0 Å².